The van der Waals surface area contributed by atoms with Gasteiger partial charge in [0.15, 0.2) is 0 Å². The second kappa shape index (κ2) is 5.46. The standard InChI is InChI=1S/C12H19N3O4/c1-14-6-4-9(10(14)16)13-12(19)15-5-2-3-8(7-15)11(17)18/h8-9H,2-7H2,1H3,(H,13,19)(H,17,18)/t8-,9?/m1/s1. The molecule has 1 unspecified atom stereocenters. The van der Waals surface area contributed by atoms with Crippen LogP contribution in [-0.2, 0) is 9.59 Å². The maximum absolute atomic E-state index is 12.0. The van der Waals surface area contributed by atoms with Gasteiger partial charge in [-0.1, -0.05) is 0 Å². The Balaban J connectivity index is 1.89. The minimum Gasteiger partial charge on any atom is -0.481 e. The quantitative estimate of drug-likeness (QED) is 0.721. The molecule has 0 aromatic heterocycles. The number of nitrogens with one attached hydrogen (secondary N) is 1. The van der Waals surface area contributed by atoms with Gasteiger partial charge in [0.1, 0.15) is 6.04 Å². The van der Waals surface area contributed by atoms with Gasteiger partial charge in [0.05, 0.1) is 5.92 Å². The Morgan fingerprint density at radius 3 is 2.63 bits per heavy atom. The number of carboxylic acid groups (broad SMARTS) is 1. The number of amides is 3. The third kappa shape index (κ3) is 2.97. The van der Waals surface area contributed by atoms with E-state index in [1.807, 2.05) is 0 Å². The summed E-state index contributed by atoms with van der Waals surface area (Å²) >= 11 is 0. The molecule has 2 saturated heterocycles. The Labute approximate surface area is 111 Å². The number of hydrogen-bond donors (Lipinski definition) is 2. The number of rotatable bonds is 2. The summed E-state index contributed by atoms with van der Waals surface area (Å²) < 4.78 is 0. The molecular weight excluding hydrogens is 250 g/mol. The van der Waals surface area contributed by atoms with E-state index in [9.17, 15) is 14.4 Å². The first kappa shape index (κ1) is 13.6. The highest BCUT2D eigenvalue weighted by atomic mass is 16.4. The first-order valence-electron chi connectivity index (χ1n) is 6.52. The predicted octanol–water partition coefficient (Wildman–Crippen LogP) is -0.277. The first-order valence-corrected chi connectivity index (χ1v) is 6.52. The molecular formula is C12H19N3O4. The van der Waals surface area contributed by atoms with Gasteiger partial charge in [0.2, 0.25) is 5.91 Å². The van der Waals surface area contributed by atoms with Crippen LogP contribution in [0.15, 0.2) is 0 Å². The van der Waals surface area contributed by atoms with Gasteiger partial charge in [0.25, 0.3) is 0 Å². The highest BCUT2D eigenvalue weighted by Gasteiger charge is 2.33. The highest BCUT2D eigenvalue weighted by molar-refractivity contribution is 5.88. The minimum absolute atomic E-state index is 0.0832. The maximum atomic E-state index is 12.0. The van der Waals surface area contributed by atoms with Crippen LogP contribution in [0.25, 0.3) is 0 Å². The van der Waals surface area contributed by atoms with Crippen LogP contribution in [0, 0.1) is 5.92 Å². The zero-order valence-corrected chi connectivity index (χ0v) is 11.0. The van der Waals surface area contributed by atoms with Crippen molar-refractivity contribution in [3.63, 3.8) is 0 Å². The smallest absolute Gasteiger partial charge is 0.318 e. The van der Waals surface area contributed by atoms with Gasteiger partial charge < -0.3 is 20.2 Å². The van der Waals surface area contributed by atoms with E-state index in [1.54, 1.807) is 11.9 Å². The summed E-state index contributed by atoms with van der Waals surface area (Å²) in [5.41, 5.74) is 0. The number of hydrogen-bond acceptors (Lipinski definition) is 3. The number of piperidine rings is 1. The van der Waals surface area contributed by atoms with Gasteiger partial charge in [-0.3, -0.25) is 9.59 Å². The largest absolute Gasteiger partial charge is 0.481 e. The van der Waals surface area contributed by atoms with E-state index in [1.165, 1.54) is 4.90 Å². The zero-order valence-electron chi connectivity index (χ0n) is 11.0. The molecule has 0 bridgehead atoms. The number of carbonyl (C=O) groups is 3. The van der Waals surface area contributed by atoms with Gasteiger partial charge in [-0.15, -0.1) is 0 Å². The Morgan fingerprint density at radius 1 is 1.32 bits per heavy atom. The SMILES string of the molecule is CN1CCC(NC(=O)N2CCC[C@@H](C(=O)O)C2)C1=O. The summed E-state index contributed by atoms with van der Waals surface area (Å²) in [6.45, 7) is 1.41. The van der Waals surface area contributed by atoms with E-state index in [0.29, 0.717) is 32.4 Å². The lowest BCUT2D eigenvalue weighted by molar-refractivity contribution is -0.143. The number of likely N-dealkylation sites (N-methyl/N-ethyl adjacent to an activating group) is 1. The summed E-state index contributed by atoms with van der Waals surface area (Å²) in [5.74, 6) is -1.45. The molecule has 3 amide bonds. The second-order valence-electron chi connectivity index (χ2n) is 5.17. The van der Waals surface area contributed by atoms with Gasteiger partial charge in [-0.2, -0.15) is 0 Å². The topological polar surface area (TPSA) is 90.0 Å². The van der Waals surface area contributed by atoms with E-state index in [0.717, 1.165) is 0 Å². The van der Waals surface area contributed by atoms with Crippen molar-refractivity contribution in [2.45, 2.75) is 25.3 Å². The first-order chi connectivity index (χ1) is 8.99. The van der Waals surface area contributed by atoms with Crippen molar-refractivity contribution in [1.82, 2.24) is 15.1 Å². The van der Waals surface area contributed by atoms with Gasteiger partial charge in [-0.25, -0.2) is 4.79 Å². The van der Waals surface area contributed by atoms with Gasteiger partial charge in [-0.05, 0) is 19.3 Å². The van der Waals surface area contributed by atoms with Crippen LogP contribution in [0.1, 0.15) is 19.3 Å². The predicted molar refractivity (Wildman–Crippen MR) is 66.5 cm³/mol. The van der Waals surface area contributed by atoms with Crippen LogP contribution in [0.3, 0.4) is 0 Å². The highest BCUT2D eigenvalue weighted by Crippen LogP contribution is 2.17. The summed E-state index contributed by atoms with van der Waals surface area (Å²) in [4.78, 5) is 37.7. The van der Waals surface area contributed by atoms with Crippen molar-refractivity contribution in [3.05, 3.63) is 0 Å². The Morgan fingerprint density at radius 2 is 2.05 bits per heavy atom. The number of urea groups is 1. The lowest BCUT2D eigenvalue weighted by Gasteiger charge is -2.31. The van der Waals surface area contributed by atoms with Crippen molar-refractivity contribution in [2.24, 2.45) is 5.92 Å². The molecule has 0 aromatic carbocycles. The number of carbonyl (C=O) groups excluding carboxylic acids is 2. The minimum atomic E-state index is -0.867. The fraction of sp³-hybridized carbons (Fsp3) is 0.750. The third-order valence-electron chi connectivity index (χ3n) is 3.78. The molecule has 7 heteroatoms. The van der Waals surface area contributed by atoms with Gasteiger partial charge in [0, 0.05) is 26.7 Å². The molecule has 106 valence electrons. The molecule has 0 aliphatic carbocycles. The molecule has 7 nitrogen and oxygen atoms in total. The molecule has 2 atom stereocenters. The Kier molecular flexibility index (Phi) is 3.92. The van der Waals surface area contributed by atoms with Crippen molar-refractivity contribution < 1.29 is 19.5 Å². The van der Waals surface area contributed by atoms with Crippen LogP contribution in [0.4, 0.5) is 4.79 Å². The van der Waals surface area contributed by atoms with E-state index in [2.05, 4.69) is 5.32 Å². The van der Waals surface area contributed by atoms with Crippen molar-refractivity contribution >= 4 is 17.9 Å². The molecule has 0 aromatic rings. The summed E-state index contributed by atoms with van der Waals surface area (Å²) in [6, 6.07) is -0.803. The zero-order chi connectivity index (χ0) is 14.0. The molecule has 0 radical (unpaired) electrons. The summed E-state index contributed by atoms with van der Waals surface area (Å²) in [6.07, 6.45) is 1.89. The van der Waals surface area contributed by atoms with Crippen LogP contribution in [-0.4, -0.2) is 65.5 Å². The van der Waals surface area contributed by atoms with Crippen LogP contribution >= 0.6 is 0 Å². The number of nitrogens with zero attached hydrogens (tertiary/aromatic N) is 2. The monoisotopic (exact) mass is 269 g/mol. The molecule has 0 saturated carbocycles. The van der Waals surface area contributed by atoms with Crippen LogP contribution < -0.4 is 5.32 Å². The fourth-order valence-electron chi connectivity index (χ4n) is 2.56. The molecule has 2 aliphatic heterocycles. The average Bonchev–Trinajstić information content (AvgIpc) is 2.71. The van der Waals surface area contributed by atoms with E-state index in [-0.39, 0.29) is 18.5 Å². The molecule has 2 heterocycles. The Hall–Kier alpha value is -1.79. The number of aliphatic carboxylic acids is 1. The van der Waals surface area contributed by atoms with E-state index in [4.69, 9.17) is 5.11 Å². The molecule has 2 rings (SSSR count). The van der Waals surface area contributed by atoms with E-state index < -0.39 is 17.9 Å². The second-order valence-corrected chi connectivity index (χ2v) is 5.17. The molecule has 19 heavy (non-hydrogen) atoms. The lowest BCUT2D eigenvalue weighted by atomic mass is 9.99. The lowest BCUT2D eigenvalue weighted by Crippen LogP contribution is -2.51. The maximum Gasteiger partial charge on any atom is 0.318 e. The van der Waals surface area contributed by atoms with E-state index >= 15 is 0 Å². The average molecular weight is 269 g/mol. The summed E-state index contributed by atoms with van der Waals surface area (Å²) in [7, 11) is 1.70. The van der Waals surface area contributed by atoms with Crippen LogP contribution in [0.5, 0.6) is 0 Å². The van der Waals surface area contributed by atoms with Crippen molar-refractivity contribution in [1.29, 1.82) is 0 Å². The normalized spacial score (nSPS) is 27.5. The van der Waals surface area contributed by atoms with Gasteiger partial charge >= 0.3 is 12.0 Å². The third-order valence-corrected chi connectivity index (χ3v) is 3.78. The van der Waals surface area contributed by atoms with Crippen molar-refractivity contribution in [2.75, 3.05) is 26.7 Å². The molecule has 0 spiro atoms. The molecule has 2 fully saturated rings. The summed E-state index contributed by atoms with van der Waals surface area (Å²) in [5, 5.41) is 11.7. The number of carboxylic acids is 1. The fourth-order valence-corrected chi connectivity index (χ4v) is 2.56. The Bertz CT molecular complexity index is 398. The molecule has 2 N–H and O–H groups in total. The van der Waals surface area contributed by atoms with Crippen molar-refractivity contribution in [3.8, 4) is 0 Å². The molecule has 2 aliphatic rings. The number of likely N-dealkylation sites (tertiary alicyclic amines) is 2. The van der Waals surface area contributed by atoms with Crippen LogP contribution in [0.2, 0.25) is 0 Å².